The molecule has 1 amide bonds. The van der Waals surface area contributed by atoms with Gasteiger partial charge in [0.15, 0.2) is 5.75 Å². The van der Waals surface area contributed by atoms with Crippen LogP contribution in [0.1, 0.15) is 31.2 Å². The summed E-state index contributed by atoms with van der Waals surface area (Å²) in [5.74, 6) is -0.0214. The lowest BCUT2D eigenvalue weighted by molar-refractivity contribution is -0.143. The highest BCUT2D eigenvalue weighted by atomic mass is 16.5. The van der Waals surface area contributed by atoms with Gasteiger partial charge in [0.25, 0.3) is 0 Å². The van der Waals surface area contributed by atoms with Gasteiger partial charge in [0, 0.05) is 5.92 Å². The molecule has 2 aromatic carbocycles. The monoisotopic (exact) mass is 353 g/mol. The van der Waals surface area contributed by atoms with Crippen LogP contribution in [0.4, 0.5) is 5.69 Å². The number of hydrogen-bond acceptors (Lipinski definition) is 3. The predicted molar refractivity (Wildman–Crippen MR) is 99.4 cm³/mol. The molecule has 2 aromatic rings. The molecule has 0 atom stereocenters. The molecule has 5 heteroatoms. The molecule has 0 saturated heterocycles. The molecule has 0 spiro atoms. The minimum Gasteiger partial charge on any atom is -0.481 e. The molecule has 0 aromatic heterocycles. The Morgan fingerprint density at radius 1 is 0.962 bits per heavy atom. The normalized spacial score (nSPS) is 19.6. The Kier molecular flexibility index (Phi) is 5.56. The van der Waals surface area contributed by atoms with Gasteiger partial charge in [0.05, 0.1) is 11.6 Å². The minimum atomic E-state index is -0.763. The summed E-state index contributed by atoms with van der Waals surface area (Å²) < 4.78 is 5.91. The number of carbonyl (C=O) groups is 2. The smallest absolute Gasteiger partial charge is 0.306 e. The zero-order valence-electron chi connectivity index (χ0n) is 14.8. The van der Waals surface area contributed by atoms with Gasteiger partial charge in [0.1, 0.15) is 5.75 Å². The predicted octanol–water partition coefficient (Wildman–Crippen LogP) is 4.62. The Morgan fingerprint density at radius 3 is 2.23 bits per heavy atom. The van der Waals surface area contributed by atoms with Crippen LogP contribution in [-0.4, -0.2) is 17.0 Å². The van der Waals surface area contributed by atoms with Crippen LogP contribution >= 0.6 is 0 Å². The Labute approximate surface area is 153 Å². The number of carboxylic acid groups (broad SMARTS) is 1. The fourth-order valence-electron chi connectivity index (χ4n) is 3.23. The number of benzene rings is 2. The molecular weight excluding hydrogens is 330 g/mol. The molecule has 1 saturated carbocycles. The summed E-state index contributed by atoms with van der Waals surface area (Å²) in [6.45, 7) is 2.01. The first-order chi connectivity index (χ1) is 12.5. The maximum Gasteiger partial charge on any atom is 0.306 e. The molecule has 0 aliphatic heterocycles. The number of rotatable bonds is 5. The summed E-state index contributed by atoms with van der Waals surface area (Å²) in [7, 11) is 0. The van der Waals surface area contributed by atoms with E-state index in [4.69, 9.17) is 9.84 Å². The van der Waals surface area contributed by atoms with Crippen molar-refractivity contribution < 1.29 is 19.4 Å². The first-order valence-corrected chi connectivity index (χ1v) is 8.90. The van der Waals surface area contributed by atoms with E-state index < -0.39 is 5.97 Å². The number of aliphatic carboxylic acids is 1. The van der Waals surface area contributed by atoms with Crippen LogP contribution in [0.3, 0.4) is 0 Å². The Morgan fingerprint density at radius 2 is 1.58 bits per heavy atom. The van der Waals surface area contributed by atoms with Gasteiger partial charge in [-0.15, -0.1) is 0 Å². The standard InChI is InChI=1S/C21H23NO4/c1-14-6-12-17(13-7-14)26-19-5-3-2-4-18(19)22-20(23)15-8-10-16(11-9-15)21(24)25/h2-7,12-13,15-16H,8-11H2,1H3,(H,22,23)(H,24,25). The molecule has 0 radical (unpaired) electrons. The molecule has 2 N–H and O–H groups in total. The number of nitrogens with one attached hydrogen (secondary N) is 1. The second kappa shape index (κ2) is 8.04. The third kappa shape index (κ3) is 4.42. The van der Waals surface area contributed by atoms with Gasteiger partial charge in [-0.25, -0.2) is 0 Å². The lowest BCUT2D eigenvalue weighted by Crippen LogP contribution is -2.29. The van der Waals surface area contributed by atoms with E-state index in [9.17, 15) is 9.59 Å². The van der Waals surface area contributed by atoms with Crippen molar-refractivity contribution in [1.29, 1.82) is 0 Å². The van der Waals surface area contributed by atoms with Gasteiger partial charge in [-0.1, -0.05) is 29.8 Å². The molecule has 26 heavy (non-hydrogen) atoms. The molecule has 0 bridgehead atoms. The second-order valence-corrected chi connectivity index (χ2v) is 6.79. The summed E-state index contributed by atoms with van der Waals surface area (Å²) in [5, 5.41) is 12.0. The molecule has 0 heterocycles. The topological polar surface area (TPSA) is 75.6 Å². The number of anilines is 1. The van der Waals surface area contributed by atoms with Crippen molar-refractivity contribution in [2.75, 3.05) is 5.32 Å². The van der Waals surface area contributed by atoms with Crippen molar-refractivity contribution in [2.45, 2.75) is 32.6 Å². The SMILES string of the molecule is Cc1ccc(Oc2ccccc2NC(=O)C2CCC(C(=O)O)CC2)cc1. The Bertz CT molecular complexity index is 777. The highest BCUT2D eigenvalue weighted by Gasteiger charge is 2.30. The van der Waals surface area contributed by atoms with E-state index in [-0.39, 0.29) is 17.7 Å². The number of amides is 1. The largest absolute Gasteiger partial charge is 0.481 e. The molecule has 1 aliphatic carbocycles. The molecule has 3 rings (SSSR count). The van der Waals surface area contributed by atoms with Crippen molar-refractivity contribution in [3.8, 4) is 11.5 Å². The van der Waals surface area contributed by atoms with Crippen molar-refractivity contribution in [1.82, 2.24) is 0 Å². The van der Waals surface area contributed by atoms with Crippen LogP contribution in [0, 0.1) is 18.8 Å². The van der Waals surface area contributed by atoms with Gasteiger partial charge in [-0.2, -0.15) is 0 Å². The second-order valence-electron chi connectivity index (χ2n) is 6.79. The van der Waals surface area contributed by atoms with E-state index in [2.05, 4.69) is 5.32 Å². The fourth-order valence-corrected chi connectivity index (χ4v) is 3.23. The maximum atomic E-state index is 12.6. The van der Waals surface area contributed by atoms with Gasteiger partial charge < -0.3 is 15.2 Å². The van der Waals surface area contributed by atoms with E-state index in [0.29, 0.717) is 42.9 Å². The van der Waals surface area contributed by atoms with Crippen LogP contribution in [0.15, 0.2) is 48.5 Å². The van der Waals surface area contributed by atoms with Gasteiger partial charge in [-0.3, -0.25) is 9.59 Å². The number of aryl methyl sites for hydroxylation is 1. The maximum absolute atomic E-state index is 12.6. The lowest BCUT2D eigenvalue weighted by Gasteiger charge is -2.25. The van der Waals surface area contributed by atoms with Crippen molar-refractivity contribution in [2.24, 2.45) is 11.8 Å². The third-order valence-electron chi connectivity index (χ3n) is 4.84. The van der Waals surface area contributed by atoms with E-state index in [0.717, 1.165) is 5.56 Å². The van der Waals surface area contributed by atoms with Crippen molar-refractivity contribution in [3.05, 3.63) is 54.1 Å². The molecular formula is C21H23NO4. The van der Waals surface area contributed by atoms with Crippen molar-refractivity contribution >= 4 is 17.6 Å². The highest BCUT2D eigenvalue weighted by Crippen LogP contribution is 2.33. The van der Waals surface area contributed by atoms with Crippen LogP contribution in [0.5, 0.6) is 11.5 Å². The lowest BCUT2D eigenvalue weighted by atomic mass is 9.81. The minimum absolute atomic E-state index is 0.0752. The van der Waals surface area contributed by atoms with E-state index in [1.54, 1.807) is 0 Å². The molecule has 5 nitrogen and oxygen atoms in total. The number of ether oxygens (including phenoxy) is 1. The molecule has 0 unspecified atom stereocenters. The quantitative estimate of drug-likeness (QED) is 0.822. The average Bonchev–Trinajstić information content (AvgIpc) is 2.65. The first kappa shape index (κ1) is 18.0. The number of para-hydroxylation sites is 2. The number of carbonyl (C=O) groups excluding carboxylic acids is 1. The van der Waals surface area contributed by atoms with Crippen molar-refractivity contribution in [3.63, 3.8) is 0 Å². The van der Waals surface area contributed by atoms with E-state index in [1.807, 2.05) is 55.5 Å². The van der Waals surface area contributed by atoms with E-state index >= 15 is 0 Å². The average molecular weight is 353 g/mol. The fraction of sp³-hybridized carbons (Fsp3) is 0.333. The Balaban J connectivity index is 1.65. The van der Waals surface area contributed by atoms with Gasteiger partial charge >= 0.3 is 5.97 Å². The van der Waals surface area contributed by atoms with Crippen LogP contribution in [0.2, 0.25) is 0 Å². The summed E-state index contributed by atoms with van der Waals surface area (Å²) in [5.41, 5.74) is 1.77. The third-order valence-corrected chi connectivity index (χ3v) is 4.84. The number of carboxylic acids is 1. The zero-order chi connectivity index (χ0) is 18.5. The number of hydrogen-bond donors (Lipinski definition) is 2. The summed E-state index contributed by atoms with van der Waals surface area (Å²) in [6, 6.07) is 15.0. The van der Waals surface area contributed by atoms with Crippen LogP contribution in [-0.2, 0) is 9.59 Å². The first-order valence-electron chi connectivity index (χ1n) is 8.90. The molecule has 136 valence electrons. The van der Waals surface area contributed by atoms with Gasteiger partial charge in [0.2, 0.25) is 5.91 Å². The molecule has 1 fully saturated rings. The van der Waals surface area contributed by atoms with Gasteiger partial charge in [-0.05, 0) is 56.9 Å². The summed E-state index contributed by atoms with van der Waals surface area (Å²) >= 11 is 0. The Hall–Kier alpha value is -2.82. The summed E-state index contributed by atoms with van der Waals surface area (Å²) in [4.78, 5) is 23.6. The van der Waals surface area contributed by atoms with Crippen LogP contribution < -0.4 is 10.1 Å². The zero-order valence-corrected chi connectivity index (χ0v) is 14.8. The molecule has 1 aliphatic rings. The highest BCUT2D eigenvalue weighted by molar-refractivity contribution is 5.94. The summed E-state index contributed by atoms with van der Waals surface area (Å²) in [6.07, 6.45) is 2.30. The van der Waals surface area contributed by atoms with E-state index in [1.165, 1.54) is 0 Å². The van der Waals surface area contributed by atoms with Crippen LogP contribution in [0.25, 0.3) is 0 Å².